The van der Waals surface area contributed by atoms with Gasteiger partial charge in [0.2, 0.25) is 20.0 Å². The summed E-state index contributed by atoms with van der Waals surface area (Å²) in [6, 6.07) is 13.6. The van der Waals surface area contributed by atoms with Gasteiger partial charge in [0.1, 0.15) is 28.4 Å². The lowest BCUT2D eigenvalue weighted by molar-refractivity contribution is 0.0904. The summed E-state index contributed by atoms with van der Waals surface area (Å²) in [5.41, 5.74) is 0.970. The number of nitrogens with zero attached hydrogens (tertiary/aromatic N) is 2. The molecule has 0 fully saturated rings. The van der Waals surface area contributed by atoms with Gasteiger partial charge in [-0.25, -0.2) is 25.6 Å². The Kier molecular flexibility index (Phi) is 9.16. The van der Waals surface area contributed by atoms with E-state index in [2.05, 4.69) is 11.8 Å². The number of rotatable bonds is 6. The van der Waals surface area contributed by atoms with E-state index < -0.39 is 56.4 Å². The zero-order valence-electron chi connectivity index (χ0n) is 22.7. The van der Waals surface area contributed by atoms with E-state index in [1.807, 2.05) is 0 Å². The number of ether oxygens (including phenoxy) is 1. The summed E-state index contributed by atoms with van der Waals surface area (Å²) in [7, 11) is -6.77. The van der Waals surface area contributed by atoms with Gasteiger partial charge in [0, 0.05) is 36.7 Å². The number of sulfonamides is 2. The second-order valence-electron chi connectivity index (χ2n) is 9.90. The average molecular weight is 605 g/mol. The van der Waals surface area contributed by atoms with Gasteiger partial charge in [-0.1, -0.05) is 18.8 Å². The molecule has 0 bridgehead atoms. The summed E-state index contributed by atoms with van der Waals surface area (Å²) >= 11 is 0. The maximum Gasteiger partial charge on any atom is 0.247 e. The van der Waals surface area contributed by atoms with Gasteiger partial charge >= 0.3 is 0 Å². The van der Waals surface area contributed by atoms with Crippen molar-refractivity contribution in [2.75, 3.05) is 26.7 Å². The Bertz CT molecular complexity index is 1670. The number of likely N-dealkylation sites (N-methyl/N-ethyl adjacent to an activating group) is 1. The van der Waals surface area contributed by atoms with E-state index in [4.69, 9.17) is 4.74 Å². The van der Waals surface area contributed by atoms with Crippen LogP contribution in [0.25, 0.3) is 0 Å². The number of fused-ring (bicyclic) bond motifs is 1. The minimum Gasteiger partial charge on any atom is -0.487 e. The molecule has 3 aromatic rings. The third kappa shape index (κ3) is 6.77. The van der Waals surface area contributed by atoms with E-state index in [0.29, 0.717) is 11.1 Å². The third-order valence-corrected chi connectivity index (χ3v) is 10.7. The number of aliphatic hydroxyl groups is 1. The van der Waals surface area contributed by atoms with Gasteiger partial charge in [0.15, 0.2) is 0 Å². The van der Waals surface area contributed by atoms with Crippen LogP contribution in [-0.2, 0) is 20.0 Å². The Morgan fingerprint density at radius 2 is 1.59 bits per heavy atom. The van der Waals surface area contributed by atoms with Crippen LogP contribution in [0.3, 0.4) is 0 Å². The van der Waals surface area contributed by atoms with Crippen molar-refractivity contribution in [2.24, 2.45) is 5.92 Å². The molecule has 3 aromatic carbocycles. The molecule has 1 heterocycles. The monoisotopic (exact) mass is 604 g/mol. The fourth-order valence-corrected chi connectivity index (χ4v) is 7.35. The smallest absolute Gasteiger partial charge is 0.247 e. The van der Waals surface area contributed by atoms with Gasteiger partial charge in [-0.3, -0.25) is 0 Å². The van der Waals surface area contributed by atoms with Crippen LogP contribution in [0.2, 0.25) is 0 Å². The molecule has 0 aromatic heterocycles. The first kappa shape index (κ1) is 30.6. The molecule has 0 unspecified atom stereocenters. The molecule has 1 aliphatic heterocycles. The van der Waals surface area contributed by atoms with E-state index in [1.165, 1.54) is 66.0 Å². The lowest BCUT2D eigenvalue weighted by Gasteiger charge is -2.37. The summed E-state index contributed by atoms with van der Waals surface area (Å²) in [5.74, 6) is 4.32. The molecule has 0 aliphatic carbocycles. The second-order valence-corrected chi connectivity index (χ2v) is 13.8. The van der Waals surface area contributed by atoms with Crippen LogP contribution >= 0.6 is 0 Å². The zero-order valence-corrected chi connectivity index (χ0v) is 24.3. The molecule has 0 spiro atoms. The van der Waals surface area contributed by atoms with Crippen LogP contribution in [0.4, 0.5) is 8.78 Å². The standard InChI is InChI=1S/C29H30F2N2O6S2/c1-20-17-33(21(2)19-34)41(37,38)29-15-8-23(5-4-22-6-9-24(30)10-7-22)16-27(29)39-28(20)18-32(3)40(35,36)26-13-11-25(31)12-14-26/h6-16,20-21,28,34H,17-19H2,1-3H3/t20-,21-,28-/m1/s1. The Hall–Kier alpha value is -3.34. The predicted molar refractivity (Wildman–Crippen MR) is 149 cm³/mol. The van der Waals surface area contributed by atoms with Crippen LogP contribution in [0.15, 0.2) is 76.5 Å². The summed E-state index contributed by atoms with van der Waals surface area (Å²) in [4.78, 5) is -0.247. The fraction of sp³-hybridized carbons (Fsp3) is 0.310. The molecule has 0 radical (unpaired) electrons. The van der Waals surface area contributed by atoms with Crippen molar-refractivity contribution in [1.29, 1.82) is 0 Å². The maximum absolute atomic E-state index is 13.7. The van der Waals surface area contributed by atoms with Gasteiger partial charge in [-0.2, -0.15) is 8.61 Å². The Balaban J connectivity index is 1.74. The lowest BCUT2D eigenvalue weighted by Crippen LogP contribution is -2.50. The highest BCUT2D eigenvalue weighted by atomic mass is 32.2. The molecule has 4 rings (SSSR count). The first-order valence-corrected chi connectivity index (χ1v) is 15.6. The van der Waals surface area contributed by atoms with Gasteiger partial charge in [0.25, 0.3) is 0 Å². The van der Waals surface area contributed by atoms with Crippen LogP contribution in [0.5, 0.6) is 5.75 Å². The molecular weight excluding hydrogens is 574 g/mol. The highest BCUT2D eigenvalue weighted by molar-refractivity contribution is 7.89. The second kappa shape index (κ2) is 12.3. The quantitative estimate of drug-likeness (QED) is 0.433. The zero-order chi connectivity index (χ0) is 29.9. The summed E-state index contributed by atoms with van der Waals surface area (Å²) in [5, 5.41) is 9.83. The normalized spacial score (nSPS) is 19.7. The molecule has 12 heteroatoms. The van der Waals surface area contributed by atoms with Crippen molar-refractivity contribution in [3.63, 3.8) is 0 Å². The van der Waals surface area contributed by atoms with E-state index >= 15 is 0 Å². The summed E-state index contributed by atoms with van der Waals surface area (Å²) < 4.78 is 88.9. The molecule has 8 nitrogen and oxygen atoms in total. The molecule has 1 aliphatic rings. The topological polar surface area (TPSA) is 104 Å². The van der Waals surface area contributed by atoms with Crippen LogP contribution in [-0.4, -0.2) is 69.4 Å². The van der Waals surface area contributed by atoms with E-state index in [1.54, 1.807) is 13.8 Å². The lowest BCUT2D eigenvalue weighted by atomic mass is 10.0. The highest BCUT2D eigenvalue weighted by Gasteiger charge is 2.39. The van der Waals surface area contributed by atoms with Crippen molar-refractivity contribution in [3.8, 4) is 17.6 Å². The summed E-state index contributed by atoms with van der Waals surface area (Å²) in [6.45, 7) is 2.71. The SMILES string of the molecule is C[C@@H]1CN([C@H](C)CO)S(=O)(=O)c2ccc(C#Cc3ccc(F)cc3)cc2O[C@@H]1CN(C)S(=O)(=O)c1ccc(F)cc1. The van der Waals surface area contributed by atoms with Crippen molar-refractivity contribution < 1.29 is 35.5 Å². The number of hydrogen-bond donors (Lipinski definition) is 1. The van der Waals surface area contributed by atoms with Gasteiger partial charge in [-0.05, 0) is 73.7 Å². The Labute approximate surface area is 239 Å². The minimum atomic E-state index is -4.11. The largest absolute Gasteiger partial charge is 0.487 e. The van der Waals surface area contributed by atoms with Gasteiger partial charge in [0.05, 0.1) is 18.0 Å². The predicted octanol–water partition coefficient (Wildman–Crippen LogP) is 3.45. The fourth-order valence-electron chi connectivity index (χ4n) is 4.34. The van der Waals surface area contributed by atoms with Gasteiger partial charge in [-0.15, -0.1) is 0 Å². The van der Waals surface area contributed by atoms with Crippen molar-refractivity contribution in [1.82, 2.24) is 8.61 Å². The van der Waals surface area contributed by atoms with Crippen LogP contribution < -0.4 is 4.74 Å². The molecule has 41 heavy (non-hydrogen) atoms. The number of hydrogen-bond acceptors (Lipinski definition) is 6. The Morgan fingerprint density at radius 3 is 2.20 bits per heavy atom. The van der Waals surface area contributed by atoms with Crippen molar-refractivity contribution in [2.45, 2.75) is 35.8 Å². The van der Waals surface area contributed by atoms with Crippen molar-refractivity contribution >= 4 is 20.0 Å². The highest BCUT2D eigenvalue weighted by Crippen LogP contribution is 2.34. The molecule has 0 amide bonds. The molecule has 0 saturated heterocycles. The van der Waals surface area contributed by atoms with Crippen molar-refractivity contribution in [3.05, 3.63) is 89.5 Å². The molecule has 1 N–H and O–H groups in total. The Morgan fingerprint density at radius 1 is 1.02 bits per heavy atom. The first-order valence-electron chi connectivity index (χ1n) is 12.8. The molecule has 218 valence electrons. The minimum absolute atomic E-state index is 0.0184. The molecule has 0 saturated carbocycles. The van der Waals surface area contributed by atoms with E-state index in [0.717, 1.165) is 16.4 Å². The first-order chi connectivity index (χ1) is 19.3. The van der Waals surface area contributed by atoms with Crippen LogP contribution in [0, 0.1) is 29.4 Å². The summed E-state index contributed by atoms with van der Waals surface area (Å²) in [6.07, 6.45) is -0.807. The maximum atomic E-state index is 13.7. The van der Waals surface area contributed by atoms with Crippen LogP contribution in [0.1, 0.15) is 25.0 Å². The number of aliphatic hydroxyl groups excluding tert-OH is 1. The molecular formula is C29H30F2N2O6S2. The average Bonchev–Trinajstić information content (AvgIpc) is 2.94. The third-order valence-electron chi connectivity index (χ3n) is 6.82. The van der Waals surface area contributed by atoms with E-state index in [-0.39, 0.29) is 28.6 Å². The van der Waals surface area contributed by atoms with Gasteiger partial charge < -0.3 is 9.84 Å². The van der Waals surface area contributed by atoms with E-state index in [9.17, 15) is 30.7 Å². The number of halogens is 2. The molecule has 3 atom stereocenters. The number of benzene rings is 3.